The summed E-state index contributed by atoms with van der Waals surface area (Å²) in [5.41, 5.74) is 2.54. The van der Waals surface area contributed by atoms with Crippen LogP contribution >= 0.6 is 0 Å². The Kier molecular flexibility index (Phi) is 8.10. The third-order valence-electron chi connectivity index (χ3n) is 6.86. The summed E-state index contributed by atoms with van der Waals surface area (Å²) in [5, 5.41) is 12.7. The lowest BCUT2D eigenvalue weighted by atomic mass is 9.98. The molecule has 0 saturated heterocycles. The number of rotatable bonds is 9. The minimum Gasteiger partial charge on any atom is -0.371 e. The van der Waals surface area contributed by atoms with Crippen molar-refractivity contribution >= 4 is 11.5 Å². The van der Waals surface area contributed by atoms with Gasteiger partial charge < -0.3 is 9.80 Å². The van der Waals surface area contributed by atoms with Crippen molar-refractivity contribution in [3.63, 3.8) is 0 Å². The first-order valence-corrected chi connectivity index (χ1v) is 12.6. The Morgan fingerprint density at radius 2 is 1.77 bits per heavy atom. The van der Waals surface area contributed by atoms with E-state index in [9.17, 15) is 22.4 Å². The van der Waals surface area contributed by atoms with Gasteiger partial charge in [-0.1, -0.05) is 17.3 Å². The van der Waals surface area contributed by atoms with Gasteiger partial charge in [0.2, 0.25) is 0 Å². The van der Waals surface area contributed by atoms with E-state index in [2.05, 4.69) is 15.4 Å². The molecule has 2 aromatic heterocycles. The number of carbonyl (C=O) groups excluding carboxylic acids is 1. The third-order valence-corrected chi connectivity index (χ3v) is 6.86. The molecule has 8 nitrogen and oxygen atoms in total. The molecule has 2 heterocycles. The van der Waals surface area contributed by atoms with Crippen LogP contribution in [0.2, 0.25) is 0 Å². The van der Waals surface area contributed by atoms with Crippen molar-refractivity contribution in [2.24, 2.45) is 7.05 Å². The molecule has 2 aromatic carbocycles. The summed E-state index contributed by atoms with van der Waals surface area (Å²) in [7, 11) is 6.95. The molecule has 0 saturated carbocycles. The van der Waals surface area contributed by atoms with Crippen LogP contribution in [-0.4, -0.2) is 69.7 Å². The molecule has 0 radical (unpaired) electrons. The van der Waals surface area contributed by atoms with Crippen molar-refractivity contribution in [2.45, 2.75) is 26.4 Å². The molecule has 12 heteroatoms. The molecular formula is C28H31F4N7O. The Bertz CT molecular complexity index is 1540. The molecule has 40 heavy (non-hydrogen) atoms. The van der Waals surface area contributed by atoms with E-state index in [0.717, 1.165) is 16.8 Å². The standard InChI is InChI=1S/C28H31F4N7O/c1-17-7-8-19(11-24(17)39-16-23(34-35-39)21-15-33-38(6)18(21)2)12-26(40)20-13-22(28(30,31)32)27(29)25(14-20)37(5)10-9-36(3)4/h7-8,11,13-16H,9-10,12H2,1-6H3. The van der Waals surface area contributed by atoms with Crippen molar-refractivity contribution in [3.8, 4) is 16.9 Å². The van der Waals surface area contributed by atoms with Crippen LogP contribution in [0.5, 0.6) is 0 Å². The Labute approximate surface area is 229 Å². The fourth-order valence-electron chi connectivity index (χ4n) is 4.28. The Morgan fingerprint density at radius 1 is 1.05 bits per heavy atom. The van der Waals surface area contributed by atoms with Crippen LogP contribution in [0.1, 0.15) is 32.7 Å². The number of nitrogens with zero attached hydrogens (tertiary/aromatic N) is 7. The molecule has 4 rings (SSSR count). The number of Topliss-reactive ketones (excluding diaryl/α,β-unsaturated/α-hetero) is 1. The zero-order valence-corrected chi connectivity index (χ0v) is 23.2. The molecule has 4 aromatic rings. The van der Waals surface area contributed by atoms with Gasteiger partial charge in [-0.2, -0.15) is 18.3 Å². The lowest BCUT2D eigenvalue weighted by Crippen LogP contribution is -2.30. The summed E-state index contributed by atoms with van der Waals surface area (Å²) < 4.78 is 59.4. The first-order chi connectivity index (χ1) is 18.8. The maximum Gasteiger partial charge on any atom is 0.419 e. The summed E-state index contributed by atoms with van der Waals surface area (Å²) in [6, 6.07) is 7.08. The van der Waals surface area contributed by atoms with Gasteiger partial charge in [0, 0.05) is 50.4 Å². The molecular weight excluding hydrogens is 526 g/mol. The van der Waals surface area contributed by atoms with E-state index in [4.69, 9.17) is 0 Å². The van der Waals surface area contributed by atoms with E-state index in [1.165, 1.54) is 18.0 Å². The summed E-state index contributed by atoms with van der Waals surface area (Å²) in [5.74, 6) is -1.96. The Morgan fingerprint density at radius 3 is 2.40 bits per heavy atom. The number of aryl methyl sites for hydroxylation is 2. The maximum atomic E-state index is 14.9. The van der Waals surface area contributed by atoms with Crippen LogP contribution in [0.4, 0.5) is 23.2 Å². The highest BCUT2D eigenvalue weighted by atomic mass is 19.4. The van der Waals surface area contributed by atoms with E-state index in [-0.39, 0.29) is 24.2 Å². The van der Waals surface area contributed by atoms with Gasteiger partial charge in [0.15, 0.2) is 11.6 Å². The molecule has 0 N–H and O–H groups in total. The van der Waals surface area contributed by atoms with Gasteiger partial charge in [-0.3, -0.25) is 9.48 Å². The Hall–Kier alpha value is -4.06. The molecule has 0 aliphatic heterocycles. The summed E-state index contributed by atoms with van der Waals surface area (Å²) in [6.45, 7) is 4.57. The van der Waals surface area contributed by atoms with Crippen LogP contribution in [0.15, 0.2) is 42.7 Å². The smallest absolute Gasteiger partial charge is 0.371 e. The van der Waals surface area contributed by atoms with Gasteiger partial charge in [0.05, 0.1) is 29.3 Å². The van der Waals surface area contributed by atoms with Gasteiger partial charge in [0.25, 0.3) is 0 Å². The largest absolute Gasteiger partial charge is 0.419 e. The minimum atomic E-state index is -4.95. The van der Waals surface area contributed by atoms with Crippen molar-refractivity contribution in [2.75, 3.05) is 39.1 Å². The molecule has 0 unspecified atom stereocenters. The van der Waals surface area contributed by atoms with E-state index >= 15 is 0 Å². The number of alkyl halides is 3. The van der Waals surface area contributed by atoms with Gasteiger partial charge in [-0.25, -0.2) is 9.07 Å². The minimum absolute atomic E-state index is 0.180. The monoisotopic (exact) mass is 557 g/mol. The van der Waals surface area contributed by atoms with Crippen molar-refractivity contribution in [1.29, 1.82) is 0 Å². The van der Waals surface area contributed by atoms with Gasteiger partial charge >= 0.3 is 6.18 Å². The Balaban J connectivity index is 1.64. The summed E-state index contributed by atoms with van der Waals surface area (Å²) >= 11 is 0. The van der Waals surface area contributed by atoms with Gasteiger partial charge in [0.1, 0.15) is 5.69 Å². The molecule has 0 aliphatic carbocycles. The second-order valence-electron chi connectivity index (χ2n) is 10.1. The number of carbonyl (C=O) groups is 1. The van der Waals surface area contributed by atoms with Crippen molar-refractivity contribution in [1.82, 2.24) is 29.7 Å². The number of hydrogen-bond donors (Lipinski definition) is 0. The predicted octanol–water partition coefficient (Wildman–Crippen LogP) is 4.87. The van der Waals surface area contributed by atoms with E-state index in [1.54, 1.807) is 54.1 Å². The number of ketones is 1. The zero-order chi connectivity index (χ0) is 29.4. The summed E-state index contributed by atoms with van der Waals surface area (Å²) in [4.78, 5) is 16.5. The van der Waals surface area contributed by atoms with Crippen LogP contribution in [-0.2, 0) is 19.6 Å². The second kappa shape index (κ2) is 11.2. The summed E-state index contributed by atoms with van der Waals surface area (Å²) in [6.07, 6.45) is -1.68. The van der Waals surface area contributed by atoms with Crippen LogP contribution in [0.25, 0.3) is 16.9 Å². The number of benzene rings is 2. The topological polar surface area (TPSA) is 72.1 Å². The SMILES string of the molecule is Cc1ccc(CC(=O)c2cc(N(C)CCN(C)C)c(F)c(C(F)(F)F)c2)cc1-n1cc(-c2cnn(C)c2C)nn1. The quantitative estimate of drug-likeness (QED) is 0.216. The number of hydrogen-bond acceptors (Lipinski definition) is 6. The highest BCUT2D eigenvalue weighted by molar-refractivity contribution is 5.98. The normalized spacial score (nSPS) is 11.9. The van der Waals surface area contributed by atoms with Crippen LogP contribution in [0.3, 0.4) is 0 Å². The lowest BCUT2D eigenvalue weighted by Gasteiger charge is -2.24. The number of halogens is 4. The fraction of sp³-hybridized carbons (Fsp3) is 0.357. The van der Waals surface area contributed by atoms with Crippen molar-refractivity contribution < 1.29 is 22.4 Å². The predicted molar refractivity (Wildman–Crippen MR) is 144 cm³/mol. The number of anilines is 1. The number of aromatic nitrogens is 5. The van der Waals surface area contributed by atoms with E-state index < -0.39 is 23.3 Å². The average molecular weight is 558 g/mol. The highest BCUT2D eigenvalue weighted by Gasteiger charge is 2.37. The zero-order valence-electron chi connectivity index (χ0n) is 23.2. The maximum absolute atomic E-state index is 14.9. The average Bonchev–Trinajstić information content (AvgIpc) is 3.49. The molecule has 212 valence electrons. The van der Waals surface area contributed by atoms with Crippen LogP contribution < -0.4 is 4.90 Å². The second-order valence-corrected chi connectivity index (χ2v) is 10.1. The first-order valence-electron chi connectivity index (χ1n) is 12.6. The lowest BCUT2D eigenvalue weighted by molar-refractivity contribution is -0.139. The molecule has 0 aliphatic rings. The fourth-order valence-corrected chi connectivity index (χ4v) is 4.28. The van der Waals surface area contributed by atoms with Gasteiger partial charge in [-0.15, -0.1) is 5.10 Å². The van der Waals surface area contributed by atoms with E-state index in [0.29, 0.717) is 29.6 Å². The van der Waals surface area contributed by atoms with Crippen molar-refractivity contribution in [3.05, 3.63) is 76.5 Å². The van der Waals surface area contributed by atoms with E-state index in [1.807, 2.05) is 25.8 Å². The highest BCUT2D eigenvalue weighted by Crippen LogP contribution is 2.36. The molecule has 0 amide bonds. The van der Waals surface area contributed by atoms with Gasteiger partial charge in [-0.05, 0) is 57.3 Å². The van der Waals surface area contributed by atoms with Crippen LogP contribution in [0, 0.1) is 19.7 Å². The molecule has 0 fully saturated rings. The molecule has 0 spiro atoms. The first kappa shape index (κ1) is 28.9. The third kappa shape index (κ3) is 6.06. The molecule has 0 bridgehead atoms. The molecule has 0 atom stereocenters. The number of likely N-dealkylation sites (N-methyl/N-ethyl adjacent to an activating group) is 2.